The monoisotopic (exact) mass is 277 g/mol. The van der Waals surface area contributed by atoms with Crippen molar-refractivity contribution in [2.24, 2.45) is 11.7 Å². The van der Waals surface area contributed by atoms with Crippen LogP contribution in [0, 0.1) is 5.92 Å². The molecule has 2 heterocycles. The van der Waals surface area contributed by atoms with Gasteiger partial charge in [-0.3, -0.25) is 14.2 Å². The highest BCUT2D eigenvalue weighted by Gasteiger charge is 2.23. The van der Waals surface area contributed by atoms with Crippen molar-refractivity contribution in [3.05, 3.63) is 27.1 Å². The molecule has 1 aliphatic carbocycles. The lowest BCUT2D eigenvalue weighted by atomic mass is 9.89. The fraction of sp³-hybridized carbons (Fsp3) is 0.462. The number of fused-ring (bicyclic) bond motifs is 3. The molecule has 0 unspecified atom stereocenters. The van der Waals surface area contributed by atoms with Gasteiger partial charge in [0.05, 0.1) is 11.7 Å². The summed E-state index contributed by atoms with van der Waals surface area (Å²) in [6.07, 6.45) is 4.46. The van der Waals surface area contributed by atoms with Crippen molar-refractivity contribution in [2.45, 2.75) is 32.7 Å². The van der Waals surface area contributed by atoms with Crippen molar-refractivity contribution in [3.63, 3.8) is 0 Å². The first-order chi connectivity index (χ1) is 9.06. The van der Waals surface area contributed by atoms with E-state index in [-0.39, 0.29) is 12.1 Å². The molecule has 0 saturated heterocycles. The summed E-state index contributed by atoms with van der Waals surface area (Å²) in [6.45, 7) is 2.12. The van der Waals surface area contributed by atoms with E-state index in [2.05, 4.69) is 11.9 Å². The number of thiophene rings is 1. The van der Waals surface area contributed by atoms with E-state index in [0.717, 1.165) is 29.7 Å². The number of carbonyl (C=O) groups is 1. The van der Waals surface area contributed by atoms with Crippen molar-refractivity contribution in [3.8, 4) is 0 Å². The van der Waals surface area contributed by atoms with Gasteiger partial charge in [-0.25, -0.2) is 4.98 Å². The molecular formula is C13H15N3O2S. The molecule has 100 valence electrons. The van der Waals surface area contributed by atoms with E-state index in [1.807, 2.05) is 0 Å². The summed E-state index contributed by atoms with van der Waals surface area (Å²) in [4.78, 5) is 29.7. The average molecular weight is 277 g/mol. The zero-order valence-corrected chi connectivity index (χ0v) is 11.5. The van der Waals surface area contributed by atoms with Gasteiger partial charge < -0.3 is 5.73 Å². The molecule has 5 nitrogen and oxygen atoms in total. The van der Waals surface area contributed by atoms with Crippen molar-refractivity contribution in [1.29, 1.82) is 0 Å². The van der Waals surface area contributed by atoms with Crippen molar-refractivity contribution in [2.75, 3.05) is 0 Å². The lowest BCUT2D eigenvalue weighted by Gasteiger charge is -2.17. The molecule has 3 rings (SSSR count). The molecule has 1 atom stereocenters. The maximum atomic E-state index is 12.4. The Morgan fingerprint density at radius 2 is 2.42 bits per heavy atom. The quantitative estimate of drug-likeness (QED) is 0.891. The summed E-state index contributed by atoms with van der Waals surface area (Å²) in [7, 11) is 0. The molecule has 0 saturated carbocycles. The smallest absolute Gasteiger partial charge is 0.262 e. The van der Waals surface area contributed by atoms with Crippen LogP contribution in [0.1, 0.15) is 23.8 Å². The van der Waals surface area contributed by atoms with Crippen molar-refractivity contribution >= 4 is 27.5 Å². The van der Waals surface area contributed by atoms with E-state index >= 15 is 0 Å². The van der Waals surface area contributed by atoms with Gasteiger partial charge >= 0.3 is 0 Å². The second-order valence-corrected chi connectivity index (χ2v) is 6.26. The minimum atomic E-state index is -0.527. The highest BCUT2D eigenvalue weighted by Crippen LogP contribution is 2.35. The molecule has 2 aromatic rings. The van der Waals surface area contributed by atoms with Gasteiger partial charge in [0.2, 0.25) is 5.91 Å². The van der Waals surface area contributed by atoms with Gasteiger partial charge in [-0.05, 0) is 30.7 Å². The highest BCUT2D eigenvalue weighted by atomic mass is 32.1. The van der Waals surface area contributed by atoms with E-state index in [9.17, 15) is 9.59 Å². The second-order valence-electron chi connectivity index (χ2n) is 5.18. The minimum absolute atomic E-state index is 0.108. The normalized spacial score (nSPS) is 18.5. The molecule has 1 amide bonds. The maximum absolute atomic E-state index is 12.4. The molecule has 0 aromatic carbocycles. The number of aromatic nitrogens is 2. The number of primary amides is 1. The number of carbonyl (C=O) groups excluding carboxylic acids is 1. The predicted molar refractivity (Wildman–Crippen MR) is 74.3 cm³/mol. The van der Waals surface area contributed by atoms with Crippen LogP contribution in [0.2, 0.25) is 0 Å². The van der Waals surface area contributed by atoms with Gasteiger partial charge in [-0.2, -0.15) is 0 Å². The molecule has 2 N–H and O–H groups in total. The van der Waals surface area contributed by atoms with Gasteiger partial charge in [-0.1, -0.05) is 6.92 Å². The average Bonchev–Trinajstić information content (AvgIpc) is 2.70. The highest BCUT2D eigenvalue weighted by molar-refractivity contribution is 7.18. The van der Waals surface area contributed by atoms with Gasteiger partial charge in [-0.15, -0.1) is 11.3 Å². The first kappa shape index (κ1) is 12.3. The Morgan fingerprint density at radius 3 is 3.16 bits per heavy atom. The standard InChI is InChI=1S/C13H15N3O2S/c1-7-2-3-8-9(4-7)19-12-11(8)13(18)16(6-15-12)5-10(14)17/h6-7H,2-5H2,1H3,(H2,14,17)/t7-/m0/s1. The minimum Gasteiger partial charge on any atom is -0.368 e. The Morgan fingerprint density at radius 1 is 1.63 bits per heavy atom. The fourth-order valence-corrected chi connectivity index (χ4v) is 3.99. The summed E-state index contributed by atoms with van der Waals surface area (Å²) in [5, 5.41) is 0.690. The number of rotatable bonds is 2. The van der Waals surface area contributed by atoms with Crippen LogP contribution in [-0.2, 0) is 24.2 Å². The van der Waals surface area contributed by atoms with Crippen LogP contribution in [0.3, 0.4) is 0 Å². The molecule has 2 aromatic heterocycles. The number of hydrogen-bond donors (Lipinski definition) is 1. The molecule has 0 spiro atoms. The lowest BCUT2D eigenvalue weighted by molar-refractivity contribution is -0.118. The van der Waals surface area contributed by atoms with Gasteiger partial charge in [0.15, 0.2) is 0 Å². The zero-order valence-electron chi connectivity index (χ0n) is 10.7. The molecule has 0 aliphatic heterocycles. The number of amides is 1. The van der Waals surface area contributed by atoms with E-state index in [1.165, 1.54) is 15.8 Å². The summed E-state index contributed by atoms with van der Waals surface area (Å²) in [5.74, 6) is 0.134. The number of hydrogen-bond acceptors (Lipinski definition) is 4. The van der Waals surface area contributed by atoms with Crippen LogP contribution in [-0.4, -0.2) is 15.5 Å². The van der Waals surface area contributed by atoms with E-state index < -0.39 is 5.91 Å². The van der Waals surface area contributed by atoms with Gasteiger partial charge in [0.25, 0.3) is 5.56 Å². The van der Waals surface area contributed by atoms with Gasteiger partial charge in [0.1, 0.15) is 11.4 Å². The van der Waals surface area contributed by atoms with Crippen LogP contribution >= 0.6 is 11.3 Å². The molecule has 19 heavy (non-hydrogen) atoms. The van der Waals surface area contributed by atoms with Crippen LogP contribution in [0.25, 0.3) is 10.2 Å². The fourth-order valence-electron chi connectivity index (χ4n) is 2.65. The van der Waals surface area contributed by atoms with Gasteiger partial charge in [0, 0.05) is 4.88 Å². The molecule has 0 bridgehead atoms. The largest absolute Gasteiger partial charge is 0.368 e. The third-order valence-electron chi connectivity index (χ3n) is 3.61. The third-order valence-corrected chi connectivity index (χ3v) is 4.77. The summed E-state index contributed by atoms with van der Waals surface area (Å²) in [5.41, 5.74) is 6.14. The van der Waals surface area contributed by atoms with E-state index in [0.29, 0.717) is 11.3 Å². The topological polar surface area (TPSA) is 78.0 Å². The third kappa shape index (κ3) is 2.06. The maximum Gasteiger partial charge on any atom is 0.262 e. The van der Waals surface area contributed by atoms with E-state index in [1.54, 1.807) is 11.3 Å². The van der Waals surface area contributed by atoms with Crippen LogP contribution < -0.4 is 11.3 Å². The number of aryl methyl sites for hydroxylation is 1. The molecule has 6 heteroatoms. The number of nitrogens with zero attached hydrogens (tertiary/aromatic N) is 2. The summed E-state index contributed by atoms with van der Waals surface area (Å²) in [6, 6.07) is 0. The molecule has 0 fully saturated rings. The summed E-state index contributed by atoms with van der Waals surface area (Å²) >= 11 is 1.60. The Bertz CT molecular complexity index is 716. The number of nitrogens with two attached hydrogens (primary N) is 1. The zero-order chi connectivity index (χ0) is 13.6. The van der Waals surface area contributed by atoms with Crippen LogP contribution in [0.15, 0.2) is 11.1 Å². The first-order valence-electron chi connectivity index (χ1n) is 6.34. The SMILES string of the molecule is C[C@H]1CCc2c(sc3ncn(CC(N)=O)c(=O)c23)C1. The molecule has 0 radical (unpaired) electrons. The van der Waals surface area contributed by atoms with Crippen LogP contribution in [0.4, 0.5) is 0 Å². The van der Waals surface area contributed by atoms with Crippen LogP contribution in [0.5, 0.6) is 0 Å². The van der Waals surface area contributed by atoms with Crippen molar-refractivity contribution < 1.29 is 4.79 Å². The predicted octanol–water partition coefficient (Wildman–Crippen LogP) is 1.07. The lowest BCUT2D eigenvalue weighted by Crippen LogP contribution is -2.28. The van der Waals surface area contributed by atoms with Crippen molar-refractivity contribution in [1.82, 2.24) is 9.55 Å². The Kier molecular flexibility index (Phi) is 2.89. The molecule has 1 aliphatic rings. The first-order valence-corrected chi connectivity index (χ1v) is 7.16. The Hall–Kier alpha value is -1.69. The summed E-state index contributed by atoms with van der Waals surface area (Å²) < 4.78 is 1.30. The van der Waals surface area contributed by atoms with E-state index in [4.69, 9.17) is 5.73 Å². The molecular weight excluding hydrogens is 262 g/mol. The second kappa shape index (κ2) is 4.45. The Labute approximate surface area is 114 Å². The Balaban J connectivity index is 2.20.